The highest BCUT2D eigenvalue weighted by Gasteiger charge is 1.91. The van der Waals surface area contributed by atoms with E-state index in [1.807, 2.05) is 0 Å². The van der Waals surface area contributed by atoms with Crippen LogP contribution in [-0.2, 0) is 0 Å². The number of rotatable bonds is 0. The topological polar surface area (TPSA) is 56.2 Å². The summed E-state index contributed by atoms with van der Waals surface area (Å²) in [4.78, 5) is 0. The molecule has 4 nitrogen and oxygen atoms in total. The molecule has 1 rings (SSSR count). The average Bonchev–Trinajstić information content (AvgIpc) is 2.37. The Hall–Kier alpha value is -1.03. The van der Waals surface area contributed by atoms with E-state index in [1.165, 1.54) is 4.68 Å². The molecular weight excluding hydrogens is 140 g/mol. The van der Waals surface area contributed by atoms with Crippen LogP contribution in [0.5, 0.6) is 0 Å². The molecule has 48 valence electrons. The van der Waals surface area contributed by atoms with Gasteiger partial charge < -0.3 is 5.73 Å². The normalized spacial score (nSPS) is 11.9. The molecule has 0 saturated carbocycles. The maximum atomic E-state index is 5.26. The smallest absolute Gasteiger partial charge is 0.233 e. The van der Waals surface area contributed by atoms with Gasteiger partial charge in [-0.2, -0.15) is 5.10 Å². The Balaban J connectivity index is 2.90. The highest BCUT2D eigenvalue weighted by atomic mass is 35.5. The van der Waals surface area contributed by atoms with E-state index in [0.29, 0.717) is 0 Å². The monoisotopic (exact) mass is 144 g/mol. The number of aromatic nitrogens is 2. The van der Waals surface area contributed by atoms with E-state index in [2.05, 4.69) is 9.61 Å². The van der Waals surface area contributed by atoms with Gasteiger partial charge >= 0.3 is 0 Å². The first-order valence-corrected chi connectivity index (χ1v) is 2.63. The molecule has 2 N–H and O–H groups in total. The fourth-order valence-corrected chi connectivity index (χ4v) is 0.521. The van der Waals surface area contributed by atoms with Gasteiger partial charge in [0.1, 0.15) is 0 Å². The first-order chi connectivity index (χ1) is 4.34. The van der Waals surface area contributed by atoms with E-state index < -0.39 is 0 Å². The molecule has 0 bridgehead atoms. The summed E-state index contributed by atoms with van der Waals surface area (Å²) in [5.41, 5.74) is 5.26. The Kier molecular flexibility index (Phi) is 1.69. The second kappa shape index (κ2) is 2.50. The molecule has 0 aliphatic heterocycles. The molecule has 1 aromatic rings. The van der Waals surface area contributed by atoms with Crippen LogP contribution in [0.3, 0.4) is 0 Å². The van der Waals surface area contributed by atoms with Crippen molar-refractivity contribution in [3.05, 3.63) is 18.5 Å². The molecule has 0 unspecified atom stereocenters. The van der Waals surface area contributed by atoms with Crippen molar-refractivity contribution in [3.63, 3.8) is 0 Å². The Bertz CT molecular complexity index is 202. The summed E-state index contributed by atoms with van der Waals surface area (Å²) in [6, 6.07) is 1.73. The third-order valence-corrected chi connectivity index (χ3v) is 0.999. The molecule has 1 heterocycles. The van der Waals surface area contributed by atoms with Crippen molar-refractivity contribution in [2.75, 3.05) is 0 Å². The summed E-state index contributed by atoms with van der Waals surface area (Å²) in [6.07, 6.45) is 3.25. The predicted octanol–water partition coefficient (Wildman–Crippen LogP) is 0.200. The minimum Gasteiger partial charge on any atom is -0.367 e. The first-order valence-electron chi connectivity index (χ1n) is 2.29. The molecule has 5 heteroatoms. The zero-order valence-corrected chi connectivity index (χ0v) is 5.28. The average molecular weight is 145 g/mol. The van der Waals surface area contributed by atoms with Gasteiger partial charge in [-0.15, -0.1) is 4.51 Å². The van der Waals surface area contributed by atoms with Gasteiger partial charge in [-0.25, -0.2) is 4.68 Å². The van der Waals surface area contributed by atoms with Crippen LogP contribution in [0.2, 0.25) is 0 Å². The van der Waals surface area contributed by atoms with Gasteiger partial charge in [0.25, 0.3) is 0 Å². The van der Waals surface area contributed by atoms with Gasteiger partial charge in [-0.1, -0.05) is 0 Å². The Labute approximate surface area is 57.1 Å². The summed E-state index contributed by atoms with van der Waals surface area (Å²) >= 11 is 5.05. The summed E-state index contributed by atoms with van der Waals surface area (Å²) in [7, 11) is 0. The van der Waals surface area contributed by atoms with Crippen molar-refractivity contribution in [1.29, 1.82) is 0 Å². The summed E-state index contributed by atoms with van der Waals surface area (Å²) in [5, 5.41) is 3.76. The lowest BCUT2D eigenvalue weighted by Crippen LogP contribution is -2.21. The lowest BCUT2D eigenvalue weighted by molar-refractivity contribution is 0.924. The fraction of sp³-hybridized carbons (Fsp3) is 0. The van der Waals surface area contributed by atoms with Crippen molar-refractivity contribution in [1.82, 2.24) is 9.78 Å². The summed E-state index contributed by atoms with van der Waals surface area (Å²) in [6.45, 7) is 0. The molecule has 0 aromatic carbocycles. The highest BCUT2D eigenvalue weighted by molar-refractivity contribution is 6.19. The second-order valence-corrected chi connectivity index (χ2v) is 1.56. The van der Waals surface area contributed by atoms with Gasteiger partial charge in [-0.05, 0) is 6.07 Å². The molecule has 0 aliphatic carbocycles. The molecule has 1 aromatic heterocycles. The number of halogens is 1. The van der Waals surface area contributed by atoms with Crippen LogP contribution in [0.15, 0.2) is 23.0 Å². The largest absolute Gasteiger partial charge is 0.367 e. The Morgan fingerprint density at radius 3 is 3.00 bits per heavy atom. The molecule has 0 fully saturated rings. The predicted molar refractivity (Wildman–Crippen MR) is 35.1 cm³/mol. The number of hydrogen-bond acceptors (Lipinski definition) is 2. The molecule has 0 radical (unpaired) electrons. The van der Waals surface area contributed by atoms with Crippen molar-refractivity contribution < 1.29 is 0 Å². The molecule has 9 heavy (non-hydrogen) atoms. The minimum absolute atomic E-state index is 0.168. The first kappa shape index (κ1) is 6.10. The van der Waals surface area contributed by atoms with E-state index in [9.17, 15) is 0 Å². The molecule has 0 aliphatic rings. The molecular formula is C4H5ClN4. The fourth-order valence-electron chi connectivity index (χ4n) is 0.443. The van der Waals surface area contributed by atoms with Crippen LogP contribution in [0, 0.1) is 0 Å². The van der Waals surface area contributed by atoms with Crippen LogP contribution in [-0.4, -0.2) is 15.7 Å². The van der Waals surface area contributed by atoms with Crippen molar-refractivity contribution >= 4 is 17.7 Å². The molecule has 0 spiro atoms. The standard InChI is InChI=1S/C4H5ClN4/c5-8-4(6)9-3-1-2-7-9/h1-3H,(H2,6,8). The second-order valence-electron chi connectivity index (χ2n) is 1.39. The number of nitrogens with zero attached hydrogens (tertiary/aromatic N) is 3. The van der Waals surface area contributed by atoms with Crippen LogP contribution in [0.4, 0.5) is 0 Å². The summed E-state index contributed by atoms with van der Waals surface area (Å²) < 4.78 is 4.57. The van der Waals surface area contributed by atoms with Crippen LogP contribution in [0.25, 0.3) is 0 Å². The van der Waals surface area contributed by atoms with E-state index in [-0.39, 0.29) is 5.96 Å². The van der Waals surface area contributed by atoms with Crippen molar-refractivity contribution in [3.8, 4) is 0 Å². The van der Waals surface area contributed by atoms with Crippen LogP contribution in [0.1, 0.15) is 0 Å². The van der Waals surface area contributed by atoms with Gasteiger partial charge in [-0.3, -0.25) is 0 Å². The van der Waals surface area contributed by atoms with Crippen LogP contribution >= 0.6 is 11.8 Å². The SMILES string of the molecule is NC(=NCl)n1cccn1. The maximum Gasteiger partial charge on any atom is 0.233 e. The van der Waals surface area contributed by atoms with Gasteiger partial charge in [0, 0.05) is 24.2 Å². The zero-order chi connectivity index (χ0) is 6.69. The minimum atomic E-state index is 0.168. The van der Waals surface area contributed by atoms with Gasteiger partial charge in [0.2, 0.25) is 5.96 Å². The third-order valence-electron chi connectivity index (χ3n) is 0.826. The van der Waals surface area contributed by atoms with Crippen molar-refractivity contribution in [2.24, 2.45) is 10.2 Å². The van der Waals surface area contributed by atoms with Gasteiger partial charge in [0.15, 0.2) is 0 Å². The summed E-state index contributed by atoms with van der Waals surface area (Å²) in [5.74, 6) is 0.168. The van der Waals surface area contributed by atoms with E-state index in [4.69, 9.17) is 17.5 Å². The third kappa shape index (κ3) is 1.20. The zero-order valence-electron chi connectivity index (χ0n) is 4.53. The lowest BCUT2D eigenvalue weighted by atomic mass is 10.7. The van der Waals surface area contributed by atoms with Crippen LogP contribution < -0.4 is 5.73 Å². The van der Waals surface area contributed by atoms with E-state index in [0.717, 1.165) is 0 Å². The van der Waals surface area contributed by atoms with Gasteiger partial charge in [0.05, 0.1) is 0 Å². The highest BCUT2D eigenvalue weighted by Crippen LogP contribution is 1.83. The molecule has 0 amide bonds. The van der Waals surface area contributed by atoms with Crippen molar-refractivity contribution in [2.45, 2.75) is 0 Å². The maximum absolute atomic E-state index is 5.26. The van der Waals surface area contributed by atoms with E-state index in [1.54, 1.807) is 18.5 Å². The molecule has 0 saturated heterocycles. The number of hydrogen-bond donors (Lipinski definition) is 1. The Morgan fingerprint density at radius 2 is 2.56 bits per heavy atom. The Morgan fingerprint density at radius 1 is 1.78 bits per heavy atom. The molecule has 0 atom stereocenters. The van der Waals surface area contributed by atoms with E-state index >= 15 is 0 Å². The lowest BCUT2D eigenvalue weighted by Gasteiger charge is -1.92. The number of nitrogens with two attached hydrogens (primary N) is 1. The quantitative estimate of drug-likeness (QED) is 0.418.